The lowest BCUT2D eigenvalue weighted by molar-refractivity contribution is 0.769. The van der Waals surface area contributed by atoms with Crippen LogP contribution >= 0.6 is 0 Å². The molecule has 2 aromatic heterocycles. The van der Waals surface area contributed by atoms with Crippen molar-refractivity contribution >= 4 is 32.6 Å². The van der Waals surface area contributed by atoms with E-state index in [1.165, 1.54) is 49.5 Å². The van der Waals surface area contributed by atoms with Crippen molar-refractivity contribution in [2.45, 2.75) is 5.41 Å². The Morgan fingerprint density at radius 3 is 1.48 bits per heavy atom. The molecule has 2 heterocycles. The highest BCUT2D eigenvalue weighted by Gasteiger charge is 2.46. The number of fused-ring (bicyclic) bond motifs is 7. The first kappa shape index (κ1) is 30.5. The van der Waals surface area contributed by atoms with Gasteiger partial charge in [-0.2, -0.15) is 0 Å². The molecular formula is C51H33N3. The molecule has 0 fully saturated rings. The van der Waals surface area contributed by atoms with Gasteiger partial charge in [0.25, 0.3) is 0 Å². The van der Waals surface area contributed by atoms with E-state index in [9.17, 15) is 0 Å². The van der Waals surface area contributed by atoms with E-state index >= 15 is 0 Å². The van der Waals surface area contributed by atoms with Gasteiger partial charge in [0.15, 0.2) is 0 Å². The molecule has 0 spiro atoms. The second kappa shape index (κ2) is 12.0. The average molecular weight is 688 g/mol. The molecule has 54 heavy (non-hydrogen) atoms. The lowest BCUT2D eigenvalue weighted by Gasteiger charge is -2.34. The molecule has 0 amide bonds. The highest BCUT2D eigenvalue weighted by Crippen LogP contribution is 2.56. The van der Waals surface area contributed by atoms with Crippen molar-refractivity contribution in [1.82, 2.24) is 14.5 Å². The summed E-state index contributed by atoms with van der Waals surface area (Å²) in [7, 11) is 0. The average Bonchev–Trinajstić information content (AvgIpc) is 3.73. The molecule has 0 N–H and O–H groups in total. The van der Waals surface area contributed by atoms with E-state index in [0.29, 0.717) is 5.95 Å². The standard InChI is InChI=1S/C51H33N3/c1-4-16-34(17-5-1)46-33-47(35-18-6-2-7-19-35)53-50(52-46)54-48-31-37-21-11-10-20-36(37)30-43(48)42-29-28-39(32-49(42)54)51(38-22-8-3-9-23-38)44-26-14-12-24-40(44)41-25-13-15-27-45(41)51/h1-33H. The van der Waals surface area contributed by atoms with Crippen LogP contribution in [0.15, 0.2) is 200 Å². The molecule has 0 radical (unpaired) electrons. The van der Waals surface area contributed by atoms with Crippen molar-refractivity contribution in [1.29, 1.82) is 0 Å². The van der Waals surface area contributed by atoms with Crippen LogP contribution in [0, 0.1) is 0 Å². The molecule has 0 atom stereocenters. The van der Waals surface area contributed by atoms with Crippen molar-refractivity contribution in [3.05, 3.63) is 222 Å². The maximum absolute atomic E-state index is 5.38. The minimum Gasteiger partial charge on any atom is -0.278 e. The topological polar surface area (TPSA) is 30.7 Å². The predicted molar refractivity (Wildman–Crippen MR) is 222 cm³/mol. The van der Waals surface area contributed by atoms with E-state index in [4.69, 9.17) is 9.97 Å². The third-order valence-electron chi connectivity index (χ3n) is 11.3. The van der Waals surface area contributed by atoms with Crippen LogP contribution in [0.2, 0.25) is 0 Å². The van der Waals surface area contributed by atoms with E-state index in [2.05, 4.69) is 193 Å². The zero-order chi connectivity index (χ0) is 35.6. The summed E-state index contributed by atoms with van der Waals surface area (Å²) in [4.78, 5) is 10.8. The molecular weight excluding hydrogens is 655 g/mol. The first-order valence-corrected chi connectivity index (χ1v) is 18.5. The third-order valence-corrected chi connectivity index (χ3v) is 11.3. The SMILES string of the molecule is c1ccc(-c2cc(-c3ccccc3)nc(-n3c4cc(C5(c6ccccc6)c6ccccc6-c6ccccc65)ccc4c4cc5ccccc5cc43)n2)cc1. The van der Waals surface area contributed by atoms with Crippen LogP contribution in [-0.2, 0) is 5.41 Å². The Labute approximate surface area is 313 Å². The molecule has 1 aliphatic rings. The number of aromatic nitrogens is 3. The Morgan fingerprint density at radius 1 is 0.370 bits per heavy atom. The van der Waals surface area contributed by atoms with Crippen molar-refractivity contribution in [2.24, 2.45) is 0 Å². The van der Waals surface area contributed by atoms with E-state index in [1.54, 1.807) is 0 Å². The van der Waals surface area contributed by atoms with E-state index in [-0.39, 0.29) is 0 Å². The molecule has 0 unspecified atom stereocenters. The molecule has 10 aromatic rings. The number of benzene rings is 8. The summed E-state index contributed by atoms with van der Waals surface area (Å²) in [6, 6.07) is 72.1. The highest BCUT2D eigenvalue weighted by molar-refractivity contribution is 6.13. The van der Waals surface area contributed by atoms with Crippen LogP contribution in [0.4, 0.5) is 0 Å². The molecule has 0 saturated carbocycles. The number of hydrogen-bond donors (Lipinski definition) is 0. The van der Waals surface area contributed by atoms with Crippen LogP contribution in [0.1, 0.15) is 22.3 Å². The van der Waals surface area contributed by atoms with Crippen molar-refractivity contribution < 1.29 is 0 Å². The summed E-state index contributed by atoms with van der Waals surface area (Å²) in [5, 5.41) is 4.72. The van der Waals surface area contributed by atoms with Crippen LogP contribution in [-0.4, -0.2) is 14.5 Å². The summed E-state index contributed by atoms with van der Waals surface area (Å²) < 4.78 is 2.30. The second-order valence-corrected chi connectivity index (χ2v) is 14.2. The van der Waals surface area contributed by atoms with Gasteiger partial charge in [-0.05, 0) is 68.4 Å². The largest absolute Gasteiger partial charge is 0.278 e. The van der Waals surface area contributed by atoms with Crippen LogP contribution in [0.3, 0.4) is 0 Å². The predicted octanol–water partition coefficient (Wildman–Crippen LogP) is 12.4. The lowest BCUT2D eigenvalue weighted by atomic mass is 9.67. The molecule has 1 aliphatic carbocycles. The van der Waals surface area contributed by atoms with E-state index < -0.39 is 5.41 Å². The van der Waals surface area contributed by atoms with Crippen LogP contribution in [0.5, 0.6) is 0 Å². The zero-order valence-electron chi connectivity index (χ0n) is 29.4. The molecule has 11 rings (SSSR count). The van der Waals surface area contributed by atoms with Gasteiger partial charge in [0.1, 0.15) is 0 Å². The smallest absolute Gasteiger partial charge is 0.235 e. The fourth-order valence-corrected chi connectivity index (χ4v) is 8.91. The Balaban J connectivity index is 1.27. The molecule has 0 bridgehead atoms. The Kier molecular flexibility index (Phi) is 6.77. The fraction of sp³-hybridized carbons (Fsp3) is 0.0196. The minimum atomic E-state index is -0.531. The summed E-state index contributed by atoms with van der Waals surface area (Å²) in [6.07, 6.45) is 0. The maximum atomic E-state index is 5.38. The number of rotatable bonds is 5. The highest BCUT2D eigenvalue weighted by atomic mass is 15.2. The quantitative estimate of drug-likeness (QED) is 0.180. The molecule has 0 saturated heterocycles. The lowest BCUT2D eigenvalue weighted by Crippen LogP contribution is -2.28. The minimum absolute atomic E-state index is 0.531. The molecule has 8 aromatic carbocycles. The van der Waals surface area contributed by atoms with Crippen LogP contribution in [0.25, 0.3) is 72.2 Å². The van der Waals surface area contributed by atoms with Gasteiger partial charge in [-0.25, -0.2) is 9.97 Å². The normalized spacial score (nSPS) is 13.0. The summed E-state index contributed by atoms with van der Waals surface area (Å²) >= 11 is 0. The Bertz CT molecular complexity index is 2930. The summed E-state index contributed by atoms with van der Waals surface area (Å²) in [6.45, 7) is 0. The number of nitrogens with zero attached hydrogens (tertiary/aromatic N) is 3. The maximum Gasteiger partial charge on any atom is 0.235 e. The third kappa shape index (κ3) is 4.49. The monoisotopic (exact) mass is 687 g/mol. The molecule has 3 heteroatoms. The van der Waals surface area contributed by atoms with Crippen molar-refractivity contribution in [3.8, 4) is 39.6 Å². The number of hydrogen-bond acceptors (Lipinski definition) is 2. The van der Waals surface area contributed by atoms with Crippen LogP contribution < -0.4 is 0 Å². The first-order chi connectivity index (χ1) is 26.8. The van der Waals surface area contributed by atoms with Crippen molar-refractivity contribution in [2.75, 3.05) is 0 Å². The van der Waals surface area contributed by atoms with Gasteiger partial charge in [-0.3, -0.25) is 4.57 Å². The molecule has 252 valence electrons. The van der Waals surface area contributed by atoms with Gasteiger partial charge < -0.3 is 0 Å². The zero-order valence-corrected chi connectivity index (χ0v) is 29.4. The van der Waals surface area contributed by atoms with Gasteiger partial charge in [0.05, 0.1) is 27.8 Å². The van der Waals surface area contributed by atoms with Gasteiger partial charge >= 0.3 is 0 Å². The van der Waals surface area contributed by atoms with E-state index in [1.807, 2.05) is 12.1 Å². The van der Waals surface area contributed by atoms with Gasteiger partial charge in [0.2, 0.25) is 5.95 Å². The summed E-state index contributed by atoms with van der Waals surface area (Å²) in [5.41, 5.74) is 13.0. The second-order valence-electron chi connectivity index (χ2n) is 14.2. The first-order valence-electron chi connectivity index (χ1n) is 18.5. The summed E-state index contributed by atoms with van der Waals surface area (Å²) in [5.74, 6) is 0.642. The molecule has 0 aliphatic heterocycles. The fourth-order valence-electron chi connectivity index (χ4n) is 8.91. The van der Waals surface area contributed by atoms with E-state index in [0.717, 1.165) is 38.9 Å². The Hall–Kier alpha value is -7.10. The van der Waals surface area contributed by atoms with Gasteiger partial charge in [-0.15, -0.1) is 0 Å². The van der Waals surface area contributed by atoms with Crippen molar-refractivity contribution in [3.63, 3.8) is 0 Å². The Morgan fingerprint density at radius 2 is 0.870 bits per heavy atom. The van der Waals surface area contributed by atoms with Gasteiger partial charge in [-0.1, -0.05) is 176 Å². The molecule has 3 nitrogen and oxygen atoms in total. The van der Waals surface area contributed by atoms with Gasteiger partial charge in [0, 0.05) is 21.9 Å².